The van der Waals surface area contributed by atoms with Gasteiger partial charge < -0.3 is 15.4 Å². The lowest BCUT2D eigenvalue weighted by Gasteiger charge is -2.24. The molecule has 1 aromatic carbocycles. The lowest BCUT2D eigenvalue weighted by molar-refractivity contribution is 0.288. The smallest absolute Gasteiger partial charge is 0.122 e. The fourth-order valence-electron chi connectivity index (χ4n) is 3.02. The lowest BCUT2D eigenvalue weighted by Crippen LogP contribution is -2.40. The van der Waals surface area contributed by atoms with E-state index in [2.05, 4.69) is 28.8 Å². The first kappa shape index (κ1) is 12.9. The molecule has 1 fully saturated rings. The second kappa shape index (κ2) is 6.40. The second-order valence-electron chi connectivity index (χ2n) is 5.62. The number of piperidine rings is 1. The number of fused-ring (bicyclic) bond motifs is 1. The van der Waals surface area contributed by atoms with Gasteiger partial charge in [-0.05, 0) is 68.9 Å². The van der Waals surface area contributed by atoms with E-state index < -0.39 is 0 Å². The Morgan fingerprint density at radius 3 is 3.05 bits per heavy atom. The van der Waals surface area contributed by atoms with Crippen LogP contribution < -0.4 is 15.4 Å². The Labute approximate surface area is 115 Å². The Morgan fingerprint density at radius 1 is 1.26 bits per heavy atom. The summed E-state index contributed by atoms with van der Waals surface area (Å²) >= 11 is 0. The van der Waals surface area contributed by atoms with Gasteiger partial charge in [0.1, 0.15) is 5.75 Å². The Balaban J connectivity index is 1.49. The molecule has 1 aromatic rings. The first-order valence-electron chi connectivity index (χ1n) is 7.60. The summed E-state index contributed by atoms with van der Waals surface area (Å²) in [5.74, 6) is 1.10. The molecule has 0 atom stereocenters. The molecule has 2 N–H and O–H groups in total. The van der Waals surface area contributed by atoms with Gasteiger partial charge in [0.15, 0.2) is 0 Å². The van der Waals surface area contributed by atoms with Crippen LogP contribution in [0, 0.1) is 0 Å². The van der Waals surface area contributed by atoms with Crippen LogP contribution in [0.5, 0.6) is 5.75 Å². The van der Waals surface area contributed by atoms with Crippen molar-refractivity contribution in [2.24, 2.45) is 0 Å². The molecule has 0 spiro atoms. The average Bonchev–Trinajstić information content (AvgIpc) is 2.48. The van der Waals surface area contributed by atoms with Crippen LogP contribution >= 0.6 is 0 Å². The molecule has 2 aliphatic rings. The number of rotatable bonds is 4. The minimum atomic E-state index is 0.710. The molecule has 0 aliphatic carbocycles. The third-order valence-electron chi connectivity index (χ3n) is 4.16. The fourth-order valence-corrected chi connectivity index (χ4v) is 3.02. The maximum atomic E-state index is 5.66. The van der Waals surface area contributed by atoms with Gasteiger partial charge in [-0.1, -0.05) is 12.1 Å². The highest BCUT2D eigenvalue weighted by Gasteiger charge is 2.12. The molecule has 19 heavy (non-hydrogen) atoms. The van der Waals surface area contributed by atoms with Gasteiger partial charge in [-0.25, -0.2) is 0 Å². The molecular weight excluding hydrogens is 236 g/mol. The molecule has 104 valence electrons. The van der Waals surface area contributed by atoms with Gasteiger partial charge in [0.25, 0.3) is 0 Å². The average molecular weight is 260 g/mol. The Kier molecular flexibility index (Phi) is 4.36. The molecule has 0 radical (unpaired) electrons. The summed E-state index contributed by atoms with van der Waals surface area (Å²) < 4.78 is 5.66. The third kappa shape index (κ3) is 3.48. The topological polar surface area (TPSA) is 33.3 Å². The fraction of sp³-hybridized carbons (Fsp3) is 0.625. The van der Waals surface area contributed by atoms with Crippen LogP contribution in [-0.2, 0) is 12.8 Å². The van der Waals surface area contributed by atoms with Gasteiger partial charge in [0.05, 0.1) is 6.61 Å². The maximum Gasteiger partial charge on any atom is 0.122 e. The molecule has 3 nitrogen and oxygen atoms in total. The first-order chi connectivity index (χ1) is 9.42. The molecule has 0 amide bonds. The van der Waals surface area contributed by atoms with Gasteiger partial charge in [0.2, 0.25) is 0 Å². The summed E-state index contributed by atoms with van der Waals surface area (Å²) in [7, 11) is 0. The summed E-state index contributed by atoms with van der Waals surface area (Å²) in [5, 5.41) is 7.08. The van der Waals surface area contributed by atoms with Gasteiger partial charge in [-0.3, -0.25) is 0 Å². The van der Waals surface area contributed by atoms with E-state index in [0.717, 1.165) is 44.8 Å². The summed E-state index contributed by atoms with van der Waals surface area (Å²) in [6.45, 7) is 4.29. The number of nitrogens with one attached hydrogen (secondary N) is 2. The first-order valence-corrected chi connectivity index (χ1v) is 7.60. The van der Waals surface area contributed by atoms with Crippen LogP contribution in [0.3, 0.4) is 0 Å². The predicted octanol–water partition coefficient (Wildman–Crippen LogP) is 1.90. The SMILES string of the molecule is c1cc2c(cc1CCNC1CCNCC1)CCCO2. The summed E-state index contributed by atoms with van der Waals surface area (Å²) in [5.41, 5.74) is 2.83. The predicted molar refractivity (Wildman–Crippen MR) is 77.9 cm³/mol. The standard InChI is InChI=1S/C16H24N2O/c1-2-14-12-13(3-4-16(14)19-11-1)5-10-18-15-6-8-17-9-7-15/h3-4,12,15,17-18H,1-2,5-11H2. The molecule has 0 unspecified atom stereocenters. The van der Waals surface area contributed by atoms with Crippen molar-refractivity contribution in [3.8, 4) is 5.75 Å². The van der Waals surface area contributed by atoms with Crippen LogP contribution in [-0.4, -0.2) is 32.3 Å². The van der Waals surface area contributed by atoms with Crippen LogP contribution in [0.15, 0.2) is 18.2 Å². The zero-order chi connectivity index (χ0) is 12.9. The molecule has 1 saturated heterocycles. The second-order valence-corrected chi connectivity index (χ2v) is 5.62. The van der Waals surface area contributed by atoms with Gasteiger partial charge in [0, 0.05) is 6.04 Å². The molecule has 2 heterocycles. The van der Waals surface area contributed by atoms with E-state index in [-0.39, 0.29) is 0 Å². The van der Waals surface area contributed by atoms with E-state index in [1.165, 1.54) is 30.4 Å². The van der Waals surface area contributed by atoms with Crippen molar-refractivity contribution in [1.82, 2.24) is 10.6 Å². The molecule has 2 aliphatic heterocycles. The van der Waals surface area contributed by atoms with Crippen molar-refractivity contribution in [3.05, 3.63) is 29.3 Å². The molecule has 0 saturated carbocycles. The van der Waals surface area contributed by atoms with E-state index in [1.807, 2.05) is 0 Å². The minimum absolute atomic E-state index is 0.710. The Bertz CT molecular complexity index is 413. The lowest BCUT2D eigenvalue weighted by atomic mass is 10.0. The van der Waals surface area contributed by atoms with Crippen LogP contribution in [0.25, 0.3) is 0 Å². The zero-order valence-corrected chi connectivity index (χ0v) is 11.6. The highest BCUT2D eigenvalue weighted by Crippen LogP contribution is 2.25. The number of hydrogen-bond acceptors (Lipinski definition) is 3. The van der Waals surface area contributed by atoms with E-state index in [9.17, 15) is 0 Å². The van der Waals surface area contributed by atoms with Crippen molar-refractivity contribution in [1.29, 1.82) is 0 Å². The normalized spacial score (nSPS) is 19.8. The number of benzene rings is 1. The van der Waals surface area contributed by atoms with Crippen LogP contribution in [0.2, 0.25) is 0 Å². The van der Waals surface area contributed by atoms with E-state index >= 15 is 0 Å². The van der Waals surface area contributed by atoms with Crippen LogP contribution in [0.4, 0.5) is 0 Å². The highest BCUT2D eigenvalue weighted by molar-refractivity contribution is 5.38. The Morgan fingerprint density at radius 2 is 2.16 bits per heavy atom. The summed E-state index contributed by atoms with van der Waals surface area (Å²) in [4.78, 5) is 0. The van der Waals surface area contributed by atoms with Gasteiger partial charge in [-0.15, -0.1) is 0 Å². The van der Waals surface area contributed by atoms with E-state index in [1.54, 1.807) is 0 Å². The maximum absolute atomic E-state index is 5.66. The molecule has 0 aromatic heterocycles. The third-order valence-corrected chi connectivity index (χ3v) is 4.16. The molecular formula is C16H24N2O. The van der Waals surface area contributed by atoms with Crippen molar-refractivity contribution in [2.75, 3.05) is 26.2 Å². The minimum Gasteiger partial charge on any atom is -0.493 e. The molecule has 0 bridgehead atoms. The quantitative estimate of drug-likeness (QED) is 0.867. The van der Waals surface area contributed by atoms with E-state index in [0.29, 0.717) is 6.04 Å². The van der Waals surface area contributed by atoms with Crippen molar-refractivity contribution < 1.29 is 4.74 Å². The largest absolute Gasteiger partial charge is 0.493 e. The van der Waals surface area contributed by atoms with Gasteiger partial charge in [-0.2, -0.15) is 0 Å². The zero-order valence-electron chi connectivity index (χ0n) is 11.6. The van der Waals surface area contributed by atoms with Crippen molar-refractivity contribution >= 4 is 0 Å². The van der Waals surface area contributed by atoms with Crippen molar-refractivity contribution in [2.45, 2.75) is 38.1 Å². The van der Waals surface area contributed by atoms with Crippen LogP contribution in [0.1, 0.15) is 30.4 Å². The molecule has 3 heteroatoms. The molecule has 3 rings (SSSR count). The van der Waals surface area contributed by atoms with Crippen molar-refractivity contribution in [3.63, 3.8) is 0 Å². The number of aryl methyl sites for hydroxylation is 1. The highest BCUT2D eigenvalue weighted by atomic mass is 16.5. The number of hydrogen-bond donors (Lipinski definition) is 2. The summed E-state index contributed by atoms with van der Waals surface area (Å²) in [6, 6.07) is 7.41. The Hall–Kier alpha value is -1.06. The van der Waals surface area contributed by atoms with E-state index in [4.69, 9.17) is 4.74 Å². The number of ether oxygens (including phenoxy) is 1. The monoisotopic (exact) mass is 260 g/mol. The van der Waals surface area contributed by atoms with Gasteiger partial charge >= 0.3 is 0 Å². The summed E-state index contributed by atoms with van der Waals surface area (Å²) in [6.07, 6.45) is 5.97.